The number of aromatic nitrogens is 4. The number of aryl methyl sites for hydroxylation is 1. The quantitative estimate of drug-likeness (QED) is 0.518. The molecule has 2 unspecified atom stereocenters. The Morgan fingerprint density at radius 2 is 1.78 bits per heavy atom. The van der Waals surface area contributed by atoms with Crippen molar-refractivity contribution in [1.82, 2.24) is 24.6 Å². The number of hydrogen-bond donors (Lipinski definition) is 0. The number of piperidine rings is 1. The Hall–Kier alpha value is -2.82. The molecular weight excluding hydrogens is 475 g/mol. The molecule has 3 fully saturated rings. The van der Waals surface area contributed by atoms with Crippen LogP contribution in [0.5, 0.6) is 6.01 Å². The smallest absolute Gasteiger partial charge is 0.320 e. The Kier molecular flexibility index (Phi) is 6.50. The molecule has 37 heavy (non-hydrogen) atoms. The first-order valence-corrected chi connectivity index (χ1v) is 13.2. The molecule has 3 aliphatic heterocycles. The molecule has 4 atom stereocenters. The SMILES string of the molecule is COc1nc(N2C[C@@H](C)O[C@@H](C)C2)cc(-n2ncc3cc(C)c(C4CCN(C5COC5)CC4F)cc32)n1. The molecule has 0 N–H and O–H groups in total. The molecule has 10 heteroatoms. The van der Waals surface area contributed by atoms with Gasteiger partial charge in [-0.2, -0.15) is 15.1 Å². The number of alkyl halides is 1. The minimum Gasteiger partial charge on any atom is -0.467 e. The predicted molar refractivity (Wildman–Crippen MR) is 139 cm³/mol. The van der Waals surface area contributed by atoms with Crippen molar-refractivity contribution in [2.24, 2.45) is 0 Å². The second kappa shape index (κ2) is 9.81. The molecule has 3 saturated heterocycles. The lowest BCUT2D eigenvalue weighted by atomic mass is 9.84. The van der Waals surface area contributed by atoms with E-state index in [1.54, 1.807) is 7.11 Å². The highest BCUT2D eigenvalue weighted by atomic mass is 19.1. The van der Waals surface area contributed by atoms with Crippen LogP contribution in [0, 0.1) is 6.92 Å². The molecule has 3 aromatic rings. The zero-order chi connectivity index (χ0) is 25.7. The molecule has 0 saturated carbocycles. The lowest BCUT2D eigenvalue weighted by Crippen LogP contribution is -2.54. The van der Waals surface area contributed by atoms with Gasteiger partial charge < -0.3 is 19.1 Å². The van der Waals surface area contributed by atoms with Gasteiger partial charge in [0.25, 0.3) is 0 Å². The van der Waals surface area contributed by atoms with Crippen LogP contribution >= 0.6 is 0 Å². The number of anilines is 1. The molecule has 0 bridgehead atoms. The van der Waals surface area contributed by atoms with Crippen LogP contribution in [0.2, 0.25) is 0 Å². The average Bonchev–Trinajstić information content (AvgIpc) is 3.24. The van der Waals surface area contributed by atoms with E-state index >= 15 is 4.39 Å². The van der Waals surface area contributed by atoms with Gasteiger partial charge in [0.15, 0.2) is 5.82 Å². The summed E-state index contributed by atoms with van der Waals surface area (Å²) in [4.78, 5) is 13.7. The molecule has 1 aromatic carbocycles. The maximum absolute atomic E-state index is 15.5. The van der Waals surface area contributed by atoms with Crippen LogP contribution in [0.4, 0.5) is 10.2 Å². The summed E-state index contributed by atoms with van der Waals surface area (Å²) < 4.78 is 34.0. The third-order valence-corrected chi connectivity index (χ3v) is 7.89. The van der Waals surface area contributed by atoms with Gasteiger partial charge in [0, 0.05) is 37.0 Å². The topological polar surface area (TPSA) is 77.8 Å². The largest absolute Gasteiger partial charge is 0.467 e. The van der Waals surface area contributed by atoms with Crippen molar-refractivity contribution in [3.05, 3.63) is 35.5 Å². The molecule has 5 heterocycles. The Morgan fingerprint density at radius 1 is 1.03 bits per heavy atom. The Balaban J connectivity index is 1.34. The van der Waals surface area contributed by atoms with E-state index in [1.807, 2.05) is 16.9 Å². The fourth-order valence-corrected chi connectivity index (χ4v) is 5.96. The van der Waals surface area contributed by atoms with Crippen molar-refractivity contribution in [3.8, 4) is 11.8 Å². The molecule has 2 aromatic heterocycles. The third-order valence-electron chi connectivity index (χ3n) is 7.89. The van der Waals surface area contributed by atoms with E-state index < -0.39 is 6.17 Å². The normalized spacial score (nSPS) is 27.4. The van der Waals surface area contributed by atoms with Gasteiger partial charge in [-0.05, 0) is 57.0 Å². The first kappa shape index (κ1) is 24.5. The Labute approximate surface area is 216 Å². The van der Waals surface area contributed by atoms with Crippen LogP contribution in [0.3, 0.4) is 0 Å². The summed E-state index contributed by atoms with van der Waals surface area (Å²) in [5.41, 5.74) is 3.04. The second-order valence-electron chi connectivity index (χ2n) is 10.7. The fourth-order valence-electron chi connectivity index (χ4n) is 5.96. The van der Waals surface area contributed by atoms with Crippen LogP contribution in [0.15, 0.2) is 24.4 Å². The number of nitrogens with zero attached hydrogens (tertiary/aromatic N) is 6. The van der Waals surface area contributed by atoms with Gasteiger partial charge in [-0.3, -0.25) is 4.90 Å². The van der Waals surface area contributed by atoms with Crippen molar-refractivity contribution in [1.29, 1.82) is 0 Å². The maximum Gasteiger partial charge on any atom is 0.320 e. The average molecular weight is 511 g/mol. The number of likely N-dealkylation sites (tertiary alicyclic amines) is 1. The molecule has 9 nitrogen and oxygen atoms in total. The van der Waals surface area contributed by atoms with E-state index in [2.05, 4.69) is 57.8 Å². The molecule has 3 aliphatic rings. The minimum absolute atomic E-state index is 0.0982. The number of halogens is 1. The van der Waals surface area contributed by atoms with Crippen molar-refractivity contribution in [3.63, 3.8) is 0 Å². The molecule has 0 aliphatic carbocycles. The fraction of sp³-hybridized carbons (Fsp3) is 0.593. The highest BCUT2D eigenvalue weighted by Crippen LogP contribution is 2.36. The summed E-state index contributed by atoms with van der Waals surface area (Å²) in [6, 6.07) is 6.80. The van der Waals surface area contributed by atoms with E-state index in [0.717, 1.165) is 53.9 Å². The standard InChI is InChI=1S/C27H35FN6O3/c1-16-7-19-10-29-34(24(19)8-22(16)21-5-6-32(13-23(21)28)20-14-36-15-20)26-9-25(30-27(31-26)35-4)33-11-17(2)37-18(3)12-33/h7-10,17-18,20-21,23H,5-6,11-15H2,1-4H3/t17-,18+,21?,23?. The number of methoxy groups -OCH3 is 1. The van der Waals surface area contributed by atoms with Crippen LogP contribution in [-0.2, 0) is 9.47 Å². The summed E-state index contributed by atoms with van der Waals surface area (Å²) in [6.45, 7) is 10.4. The van der Waals surface area contributed by atoms with Crippen LogP contribution in [0.1, 0.15) is 37.3 Å². The first-order valence-electron chi connectivity index (χ1n) is 13.2. The minimum atomic E-state index is -0.919. The maximum atomic E-state index is 15.5. The number of morpholine rings is 1. The molecular formula is C27H35FN6O3. The van der Waals surface area contributed by atoms with Crippen LogP contribution in [0.25, 0.3) is 16.7 Å². The Bertz CT molecular complexity index is 1270. The van der Waals surface area contributed by atoms with Crippen molar-refractivity contribution in [2.75, 3.05) is 51.4 Å². The lowest BCUT2D eigenvalue weighted by Gasteiger charge is -2.43. The van der Waals surface area contributed by atoms with Crippen LogP contribution in [-0.4, -0.2) is 95.6 Å². The van der Waals surface area contributed by atoms with Crippen molar-refractivity contribution >= 4 is 16.7 Å². The third kappa shape index (κ3) is 4.66. The molecule has 0 radical (unpaired) electrons. The molecule has 0 amide bonds. The first-order chi connectivity index (χ1) is 17.9. The summed E-state index contributed by atoms with van der Waals surface area (Å²) in [5.74, 6) is 1.25. The number of benzene rings is 1. The predicted octanol–water partition coefficient (Wildman–Crippen LogP) is 3.27. The zero-order valence-electron chi connectivity index (χ0n) is 21.9. The lowest BCUT2D eigenvalue weighted by molar-refractivity contribution is -0.0807. The molecule has 198 valence electrons. The molecule has 0 spiro atoms. The van der Waals surface area contributed by atoms with Crippen LogP contribution < -0.4 is 9.64 Å². The van der Waals surface area contributed by atoms with Gasteiger partial charge in [-0.1, -0.05) is 0 Å². The van der Waals surface area contributed by atoms with E-state index in [4.69, 9.17) is 14.2 Å². The zero-order valence-corrected chi connectivity index (χ0v) is 21.9. The number of ether oxygens (including phenoxy) is 3. The number of fused-ring (bicyclic) bond motifs is 1. The van der Waals surface area contributed by atoms with Crippen molar-refractivity contribution < 1.29 is 18.6 Å². The Morgan fingerprint density at radius 3 is 2.46 bits per heavy atom. The van der Waals surface area contributed by atoms with Gasteiger partial charge in [0.2, 0.25) is 0 Å². The highest BCUT2D eigenvalue weighted by Gasteiger charge is 2.36. The monoisotopic (exact) mass is 510 g/mol. The summed E-state index contributed by atoms with van der Waals surface area (Å²) in [6.07, 6.45) is 1.91. The van der Waals surface area contributed by atoms with Gasteiger partial charge in [0.05, 0.1) is 50.3 Å². The van der Waals surface area contributed by atoms with Crippen molar-refractivity contribution in [2.45, 2.75) is 57.5 Å². The van der Waals surface area contributed by atoms with E-state index in [9.17, 15) is 0 Å². The van der Waals surface area contributed by atoms with Gasteiger partial charge in [-0.25, -0.2) is 9.07 Å². The molecule has 6 rings (SSSR count). The van der Waals surface area contributed by atoms with E-state index in [-0.39, 0.29) is 24.1 Å². The van der Waals surface area contributed by atoms with Gasteiger partial charge >= 0.3 is 6.01 Å². The highest BCUT2D eigenvalue weighted by molar-refractivity contribution is 5.82. The van der Waals surface area contributed by atoms with E-state index in [0.29, 0.717) is 31.6 Å². The summed E-state index contributed by atoms with van der Waals surface area (Å²) in [7, 11) is 1.57. The summed E-state index contributed by atoms with van der Waals surface area (Å²) in [5, 5.41) is 5.66. The van der Waals surface area contributed by atoms with E-state index in [1.165, 1.54) is 0 Å². The number of rotatable bonds is 5. The van der Waals surface area contributed by atoms with Gasteiger partial charge in [0.1, 0.15) is 12.0 Å². The summed E-state index contributed by atoms with van der Waals surface area (Å²) >= 11 is 0. The van der Waals surface area contributed by atoms with Gasteiger partial charge in [-0.15, -0.1) is 0 Å². The second-order valence-corrected chi connectivity index (χ2v) is 10.7. The number of hydrogen-bond acceptors (Lipinski definition) is 8.